The van der Waals surface area contributed by atoms with Crippen LogP contribution in [0.1, 0.15) is 5.56 Å². The first-order valence-electron chi connectivity index (χ1n) is 4.42. The summed E-state index contributed by atoms with van der Waals surface area (Å²) < 4.78 is 65.5. The number of thiocarbonyl (C=S) groups is 1. The molecule has 1 aromatic carbocycles. The first kappa shape index (κ1) is 14.4. The summed E-state index contributed by atoms with van der Waals surface area (Å²) in [5, 5.41) is 2.02. The number of benzene rings is 1. The van der Waals surface area contributed by atoms with E-state index in [0.717, 1.165) is 12.1 Å². The van der Waals surface area contributed by atoms with Crippen molar-refractivity contribution in [2.45, 2.75) is 12.8 Å². The van der Waals surface area contributed by atoms with Crippen LogP contribution in [0.5, 0.6) is 5.75 Å². The van der Waals surface area contributed by atoms with Gasteiger partial charge in [-0.05, 0) is 30.4 Å². The van der Waals surface area contributed by atoms with Gasteiger partial charge in [-0.25, -0.2) is 0 Å². The van der Waals surface area contributed by atoms with Crippen LogP contribution in [0.15, 0.2) is 18.2 Å². The second-order valence-electron chi connectivity index (χ2n) is 3.08. The van der Waals surface area contributed by atoms with Crippen molar-refractivity contribution in [3.05, 3.63) is 23.8 Å². The van der Waals surface area contributed by atoms with Crippen molar-refractivity contribution in [2.75, 3.05) is 5.32 Å². The fourth-order valence-corrected chi connectivity index (χ4v) is 1.29. The zero-order valence-corrected chi connectivity index (χ0v) is 9.41. The second-order valence-corrected chi connectivity index (χ2v) is 3.52. The van der Waals surface area contributed by atoms with Gasteiger partial charge < -0.3 is 15.8 Å². The van der Waals surface area contributed by atoms with Crippen molar-refractivity contribution >= 4 is 23.0 Å². The summed E-state index contributed by atoms with van der Waals surface area (Å²) in [7, 11) is 0. The maximum absolute atomic E-state index is 12.6. The summed E-state index contributed by atoms with van der Waals surface area (Å²) in [6, 6.07) is 2.43. The predicted molar refractivity (Wildman–Crippen MR) is 58.5 cm³/mol. The molecule has 0 heterocycles. The monoisotopic (exact) mass is 286 g/mol. The number of ether oxygens (including phenoxy) is 1. The van der Waals surface area contributed by atoms with Gasteiger partial charge in [0.15, 0.2) is 5.11 Å². The summed E-state index contributed by atoms with van der Waals surface area (Å²) in [6.07, 6.45) is -4.84. The highest BCUT2D eigenvalue weighted by Gasteiger charge is 2.35. The van der Waals surface area contributed by atoms with E-state index >= 15 is 0 Å². The first-order valence-corrected chi connectivity index (χ1v) is 4.83. The molecular weight excluding hydrogens is 279 g/mol. The molecule has 0 aliphatic heterocycles. The molecule has 0 fully saturated rings. The number of rotatable bonds is 3. The third kappa shape index (κ3) is 3.99. The molecule has 3 nitrogen and oxygen atoms in total. The molecule has 0 aliphatic carbocycles. The van der Waals surface area contributed by atoms with Gasteiger partial charge in [0.05, 0.1) is 5.56 Å². The number of nitrogens with one attached hydrogen (secondary N) is 1. The van der Waals surface area contributed by atoms with Gasteiger partial charge in [0, 0.05) is 5.69 Å². The third-order valence-corrected chi connectivity index (χ3v) is 1.87. The lowest BCUT2D eigenvalue weighted by atomic mass is 10.1. The lowest BCUT2D eigenvalue weighted by molar-refractivity contribution is -0.141. The Hall–Kier alpha value is -1.64. The number of halogens is 5. The van der Waals surface area contributed by atoms with E-state index in [2.05, 4.69) is 22.3 Å². The van der Waals surface area contributed by atoms with E-state index in [1.165, 1.54) is 0 Å². The maximum atomic E-state index is 12.6. The van der Waals surface area contributed by atoms with E-state index in [-0.39, 0.29) is 10.8 Å². The summed E-state index contributed by atoms with van der Waals surface area (Å²) in [5.74, 6) is -0.967. The number of alkyl halides is 5. The Balaban J connectivity index is 3.16. The third-order valence-electron chi connectivity index (χ3n) is 1.77. The molecule has 0 atom stereocenters. The lowest BCUT2D eigenvalue weighted by Gasteiger charge is -2.15. The predicted octanol–water partition coefficient (Wildman–Crippen LogP) is 2.96. The summed E-state index contributed by atoms with van der Waals surface area (Å²) >= 11 is 4.45. The highest BCUT2D eigenvalue weighted by atomic mass is 32.1. The lowest BCUT2D eigenvalue weighted by Crippen LogP contribution is -2.19. The van der Waals surface area contributed by atoms with Crippen LogP contribution in [0.4, 0.5) is 27.6 Å². The van der Waals surface area contributed by atoms with E-state index < -0.39 is 24.1 Å². The Bertz CT molecular complexity index is 449. The SMILES string of the molecule is NC(=S)Nc1ccc(OC(F)F)c(C(F)(F)F)c1. The maximum Gasteiger partial charge on any atom is 0.420 e. The van der Waals surface area contributed by atoms with Gasteiger partial charge >= 0.3 is 12.8 Å². The smallest absolute Gasteiger partial charge is 0.420 e. The van der Waals surface area contributed by atoms with Gasteiger partial charge in [-0.15, -0.1) is 0 Å². The van der Waals surface area contributed by atoms with Crippen molar-refractivity contribution in [2.24, 2.45) is 5.73 Å². The van der Waals surface area contributed by atoms with Crippen LogP contribution in [0.2, 0.25) is 0 Å². The highest BCUT2D eigenvalue weighted by molar-refractivity contribution is 7.80. The number of anilines is 1. The Kier molecular flexibility index (Phi) is 4.28. The van der Waals surface area contributed by atoms with Crippen LogP contribution in [-0.2, 0) is 6.18 Å². The van der Waals surface area contributed by atoms with Gasteiger partial charge in [-0.3, -0.25) is 0 Å². The summed E-state index contributed by atoms with van der Waals surface area (Å²) in [5.41, 5.74) is 3.67. The Morgan fingerprint density at radius 1 is 1.33 bits per heavy atom. The van der Waals surface area contributed by atoms with Crippen LogP contribution in [-0.4, -0.2) is 11.7 Å². The van der Waals surface area contributed by atoms with Crippen LogP contribution in [0, 0.1) is 0 Å². The minimum atomic E-state index is -4.84. The molecule has 3 N–H and O–H groups in total. The Morgan fingerprint density at radius 2 is 1.94 bits per heavy atom. The molecular formula is C9H7F5N2OS. The molecule has 0 aromatic heterocycles. The van der Waals surface area contributed by atoms with Crippen molar-refractivity contribution < 1.29 is 26.7 Å². The standard InChI is InChI=1S/C9H7F5N2OS/c10-7(11)17-6-2-1-4(16-8(15)18)3-5(6)9(12,13)14/h1-3,7H,(H3,15,16,18). The van der Waals surface area contributed by atoms with Crippen molar-refractivity contribution in [1.29, 1.82) is 0 Å². The molecule has 1 rings (SSSR count). The van der Waals surface area contributed by atoms with Gasteiger partial charge in [0.1, 0.15) is 5.75 Å². The van der Waals surface area contributed by atoms with E-state index in [1.807, 2.05) is 0 Å². The largest absolute Gasteiger partial charge is 0.434 e. The number of hydrogen-bond donors (Lipinski definition) is 2. The molecule has 100 valence electrons. The normalized spacial score (nSPS) is 11.4. The first-order chi connectivity index (χ1) is 8.20. The molecule has 9 heteroatoms. The van der Waals surface area contributed by atoms with Gasteiger partial charge in [0.25, 0.3) is 0 Å². The van der Waals surface area contributed by atoms with Gasteiger partial charge in [-0.1, -0.05) is 0 Å². The molecule has 0 saturated carbocycles. The fraction of sp³-hybridized carbons (Fsp3) is 0.222. The topological polar surface area (TPSA) is 47.3 Å². The van der Waals surface area contributed by atoms with Gasteiger partial charge in [0.2, 0.25) is 0 Å². The van der Waals surface area contributed by atoms with Crippen LogP contribution < -0.4 is 15.8 Å². The quantitative estimate of drug-likeness (QED) is 0.662. The van der Waals surface area contributed by atoms with Crippen LogP contribution >= 0.6 is 12.2 Å². The Morgan fingerprint density at radius 3 is 2.39 bits per heavy atom. The number of hydrogen-bond acceptors (Lipinski definition) is 2. The Labute approximate surface area is 104 Å². The van der Waals surface area contributed by atoms with E-state index in [4.69, 9.17) is 5.73 Å². The van der Waals surface area contributed by atoms with Crippen molar-refractivity contribution in [3.63, 3.8) is 0 Å². The average molecular weight is 286 g/mol. The second kappa shape index (κ2) is 5.34. The van der Waals surface area contributed by atoms with Crippen molar-refractivity contribution in [1.82, 2.24) is 0 Å². The fourth-order valence-electron chi connectivity index (χ4n) is 1.17. The minimum absolute atomic E-state index is 0.0727. The molecule has 0 bridgehead atoms. The molecule has 0 saturated heterocycles. The van der Waals surface area contributed by atoms with Crippen LogP contribution in [0.25, 0.3) is 0 Å². The molecule has 0 aliphatic rings. The van der Waals surface area contributed by atoms with Crippen molar-refractivity contribution in [3.8, 4) is 5.75 Å². The molecule has 0 spiro atoms. The molecule has 0 unspecified atom stereocenters. The minimum Gasteiger partial charge on any atom is -0.434 e. The summed E-state index contributed by atoms with van der Waals surface area (Å²) in [4.78, 5) is 0. The van der Waals surface area contributed by atoms with Gasteiger partial charge in [-0.2, -0.15) is 22.0 Å². The molecule has 0 amide bonds. The number of nitrogens with two attached hydrogens (primary N) is 1. The summed E-state index contributed by atoms with van der Waals surface area (Å²) in [6.45, 7) is -3.35. The highest BCUT2D eigenvalue weighted by Crippen LogP contribution is 2.38. The zero-order valence-electron chi connectivity index (χ0n) is 8.59. The van der Waals surface area contributed by atoms with E-state index in [1.54, 1.807) is 0 Å². The molecule has 0 radical (unpaired) electrons. The van der Waals surface area contributed by atoms with E-state index in [9.17, 15) is 22.0 Å². The molecule has 1 aromatic rings. The van der Waals surface area contributed by atoms with E-state index in [0.29, 0.717) is 6.07 Å². The average Bonchev–Trinajstić information content (AvgIpc) is 2.17. The van der Waals surface area contributed by atoms with Crippen LogP contribution in [0.3, 0.4) is 0 Å². The zero-order chi connectivity index (χ0) is 13.9. The molecule has 18 heavy (non-hydrogen) atoms.